The van der Waals surface area contributed by atoms with Crippen molar-refractivity contribution in [3.63, 3.8) is 0 Å². The summed E-state index contributed by atoms with van der Waals surface area (Å²) in [5.74, 6) is 3.71. The van der Waals surface area contributed by atoms with Crippen molar-refractivity contribution in [1.29, 1.82) is 0 Å². The molecule has 39 heavy (non-hydrogen) atoms. The highest BCUT2D eigenvalue weighted by atomic mass is 35.5. The third-order valence-corrected chi connectivity index (χ3v) is 6.86. The number of carbonyl (C=O) groups is 2. The highest BCUT2D eigenvalue weighted by Crippen LogP contribution is 2.32. The van der Waals surface area contributed by atoms with Gasteiger partial charge in [0.15, 0.2) is 0 Å². The van der Waals surface area contributed by atoms with E-state index >= 15 is 0 Å². The van der Waals surface area contributed by atoms with E-state index in [-0.39, 0.29) is 24.7 Å². The second kappa shape index (κ2) is 9.80. The summed E-state index contributed by atoms with van der Waals surface area (Å²) >= 11 is 11.9. The van der Waals surface area contributed by atoms with E-state index in [2.05, 4.69) is 30.3 Å². The Morgan fingerprint density at radius 2 is 1.59 bits per heavy atom. The molecule has 4 aromatic heterocycles. The maximum atomic E-state index is 11.9. The third kappa shape index (κ3) is 4.32. The lowest BCUT2D eigenvalue weighted by Gasteiger charge is -2.11. The number of nitrogens with two attached hydrogens (primary N) is 1. The first-order chi connectivity index (χ1) is 18.9. The molecule has 196 valence electrons. The number of hydroxylamine groups is 1. The molecule has 0 radical (unpaired) electrons. The van der Waals surface area contributed by atoms with E-state index < -0.39 is 5.97 Å². The van der Waals surface area contributed by atoms with Gasteiger partial charge in [0.2, 0.25) is 0 Å². The summed E-state index contributed by atoms with van der Waals surface area (Å²) in [6.07, 6.45) is 3.56. The van der Waals surface area contributed by atoms with E-state index in [1.807, 2.05) is 30.5 Å². The normalized spacial score (nSPS) is 12.9. The largest absolute Gasteiger partial charge is 0.478 e. The van der Waals surface area contributed by atoms with Crippen molar-refractivity contribution < 1.29 is 24.4 Å². The molecule has 1 aliphatic rings. The highest BCUT2D eigenvalue weighted by Gasteiger charge is 2.25. The van der Waals surface area contributed by atoms with Gasteiger partial charge in [-0.05, 0) is 12.1 Å². The Balaban J connectivity index is 0.000000142. The van der Waals surface area contributed by atoms with Gasteiger partial charge >= 0.3 is 5.97 Å². The average Bonchev–Trinajstić information content (AvgIpc) is 3.49. The first-order valence-electron chi connectivity index (χ1n) is 11.5. The molecule has 0 unspecified atom stereocenters. The maximum absolute atomic E-state index is 11.9. The number of H-pyrrole nitrogens is 2. The molecule has 0 fully saturated rings. The van der Waals surface area contributed by atoms with Crippen LogP contribution in [0.15, 0.2) is 48.8 Å². The van der Waals surface area contributed by atoms with E-state index in [9.17, 15) is 14.7 Å². The Kier molecular flexibility index (Phi) is 6.29. The van der Waals surface area contributed by atoms with Gasteiger partial charge in [-0.1, -0.05) is 47.5 Å². The Labute approximate surface area is 228 Å². The van der Waals surface area contributed by atoms with E-state index in [1.165, 1.54) is 0 Å². The Bertz CT molecular complexity index is 1950. The molecule has 6 aromatic rings. The van der Waals surface area contributed by atoms with Crippen molar-refractivity contribution in [2.45, 2.75) is 13.2 Å². The Morgan fingerprint density at radius 1 is 0.974 bits per heavy atom. The average molecular weight is 565 g/mol. The maximum Gasteiger partial charge on any atom is 0.338 e. The Morgan fingerprint density at radius 3 is 2.21 bits per heavy atom. The summed E-state index contributed by atoms with van der Waals surface area (Å²) in [6.45, 7) is 0.217. The number of rotatable bonds is 3. The number of carbonyl (C=O) groups excluding carboxylic acids is 1. The fourth-order valence-electron chi connectivity index (χ4n) is 4.77. The minimum Gasteiger partial charge on any atom is -0.478 e. The van der Waals surface area contributed by atoms with Crippen molar-refractivity contribution in [2.75, 3.05) is 0 Å². The van der Waals surface area contributed by atoms with Gasteiger partial charge in [-0.25, -0.2) is 26.1 Å². The van der Waals surface area contributed by atoms with Crippen molar-refractivity contribution in [3.05, 3.63) is 81.6 Å². The highest BCUT2D eigenvalue weighted by molar-refractivity contribution is 6.31. The number of carboxylic acid groups (broad SMARTS) is 1. The minimum absolute atomic E-state index is 0.0650. The zero-order valence-electron chi connectivity index (χ0n) is 19.8. The van der Waals surface area contributed by atoms with Gasteiger partial charge in [0.1, 0.15) is 23.5 Å². The Hall–Kier alpha value is -4.26. The molecular formula is C26H18Cl2N6O5. The van der Waals surface area contributed by atoms with Crippen LogP contribution in [0, 0.1) is 0 Å². The number of carboxylic acids is 1. The lowest BCUT2D eigenvalue weighted by Crippen LogP contribution is -2.29. The molecule has 0 saturated carbocycles. The first-order valence-corrected chi connectivity index (χ1v) is 12.3. The number of aromatic carboxylic acids is 1. The van der Waals surface area contributed by atoms with Gasteiger partial charge in [0.25, 0.3) is 5.91 Å². The van der Waals surface area contributed by atoms with Crippen LogP contribution in [0.2, 0.25) is 10.3 Å². The quantitative estimate of drug-likeness (QED) is 0.148. The SMILES string of the molecule is NOCc1nc2c(ccc3c[nH]c(Cl)cc32)c1C(=O)O.O=C1NOCc2nc3c(ccc4c[nH]c(Cl)cc43)c21. The molecule has 0 aliphatic carbocycles. The van der Waals surface area contributed by atoms with Crippen LogP contribution in [0.1, 0.15) is 32.1 Å². The number of hydrogen-bond donors (Lipinski definition) is 5. The van der Waals surface area contributed by atoms with Crippen LogP contribution in [0.5, 0.6) is 0 Å². The fraction of sp³-hybridized carbons (Fsp3) is 0.0769. The topological polar surface area (TPSA) is 168 Å². The predicted octanol–water partition coefficient (Wildman–Crippen LogP) is 5.00. The van der Waals surface area contributed by atoms with E-state index in [1.54, 1.807) is 18.3 Å². The molecule has 6 N–H and O–H groups in total. The molecule has 0 spiro atoms. The van der Waals surface area contributed by atoms with E-state index in [4.69, 9.17) is 33.9 Å². The summed E-state index contributed by atoms with van der Waals surface area (Å²) in [5.41, 5.74) is 5.37. The second-order valence-corrected chi connectivity index (χ2v) is 9.51. The van der Waals surface area contributed by atoms with Crippen molar-refractivity contribution >= 4 is 78.4 Å². The molecule has 5 heterocycles. The zero-order valence-corrected chi connectivity index (χ0v) is 21.4. The van der Waals surface area contributed by atoms with Gasteiger partial charge in [-0.2, -0.15) is 0 Å². The van der Waals surface area contributed by atoms with Gasteiger partial charge in [0.05, 0.1) is 33.5 Å². The van der Waals surface area contributed by atoms with Crippen LogP contribution in [-0.2, 0) is 22.9 Å². The van der Waals surface area contributed by atoms with E-state index in [0.29, 0.717) is 38.2 Å². The van der Waals surface area contributed by atoms with Crippen LogP contribution >= 0.6 is 23.2 Å². The molecule has 1 amide bonds. The van der Waals surface area contributed by atoms with Crippen molar-refractivity contribution in [1.82, 2.24) is 25.4 Å². The van der Waals surface area contributed by atoms with Gasteiger partial charge in [-0.15, -0.1) is 0 Å². The molecule has 11 nitrogen and oxygen atoms in total. The summed E-state index contributed by atoms with van der Waals surface area (Å²) < 4.78 is 0. The monoisotopic (exact) mass is 564 g/mol. The van der Waals surface area contributed by atoms with Crippen LogP contribution in [0.25, 0.3) is 43.4 Å². The lowest BCUT2D eigenvalue weighted by atomic mass is 10.1. The number of pyridine rings is 2. The second-order valence-electron chi connectivity index (χ2n) is 8.69. The number of amides is 1. The van der Waals surface area contributed by atoms with Crippen molar-refractivity contribution in [2.24, 2.45) is 5.90 Å². The number of fused-ring (bicyclic) bond motifs is 8. The van der Waals surface area contributed by atoms with Crippen LogP contribution in [0.3, 0.4) is 0 Å². The minimum atomic E-state index is -1.06. The third-order valence-electron chi connectivity index (χ3n) is 6.42. The number of aromatic amines is 2. The first kappa shape index (κ1) is 25.0. The van der Waals surface area contributed by atoms with Crippen LogP contribution < -0.4 is 11.4 Å². The predicted molar refractivity (Wildman–Crippen MR) is 145 cm³/mol. The number of hydrogen-bond acceptors (Lipinski definition) is 7. The van der Waals surface area contributed by atoms with E-state index in [0.717, 1.165) is 32.4 Å². The van der Waals surface area contributed by atoms with Crippen molar-refractivity contribution in [3.8, 4) is 0 Å². The molecule has 13 heteroatoms. The molecule has 2 aromatic carbocycles. The van der Waals surface area contributed by atoms with Gasteiger partial charge < -0.3 is 15.1 Å². The fourth-order valence-corrected chi connectivity index (χ4v) is 5.10. The summed E-state index contributed by atoms with van der Waals surface area (Å²) in [5, 5.41) is 15.3. The molecule has 1 aliphatic heterocycles. The summed E-state index contributed by atoms with van der Waals surface area (Å²) in [6, 6.07) is 10.9. The molecular weight excluding hydrogens is 547 g/mol. The number of halogens is 2. The molecule has 7 rings (SSSR count). The number of aromatic nitrogens is 4. The number of nitrogens with zero attached hydrogens (tertiary/aromatic N) is 2. The molecule has 0 atom stereocenters. The summed E-state index contributed by atoms with van der Waals surface area (Å²) in [4.78, 5) is 47.4. The van der Waals surface area contributed by atoms with Crippen LogP contribution in [0.4, 0.5) is 0 Å². The number of benzene rings is 2. The smallest absolute Gasteiger partial charge is 0.338 e. The summed E-state index contributed by atoms with van der Waals surface area (Å²) in [7, 11) is 0. The lowest BCUT2D eigenvalue weighted by molar-refractivity contribution is 0.0145. The van der Waals surface area contributed by atoms with Gasteiger partial charge in [-0.3, -0.25) is 14.5 Å². The zero-order chi connectivity index (χ0) is 27.3. The molecule has 0 bridgehead atoms. The van der Waals surface area contributed by atoms with Crippen LogP contribution in [-0.4, -0.2) is 36.9 Å². The standard InChI is InChI=1S/C13H10ClN3O3.C13H8ClN3O2/c14-10-3-8-6(4-16-10)1-2-7-11(13(18)19)9(5-20-15)17-12(7)8;14-10-3-8-6(4-15-10)1-2-7-11-9(16-12(7)8)5-19-17-13(11)18/h1-4,16H,5,15H2,(H,18,19);1-4,15H,5H2,(H,17,18). The molecule has 0 saturated heterocycles. The number of nitrogens with one attached hydrogen (secondary N) is 3. The van der Waals surface area contributed by atoms with Gasteiger partial charge in [0, 0.05) is 44.7 Å².